The van der Waals surface area contributed by atoms with Gasteiger partial charge in [0, 0.05) is 18.4 Å². The van der Waals surface area contributed by atoms with E-state index in [-0.39, 0.29) is 6.42 Å². The predicted molar refractivity (Wildman–Crippen MR) is 102 cm³/mol. The van der Waals surface area contributed by atoms with Crippen LogP contribution in [0, 0.1) is 18.3 Å². The van der Waals surface area contributed by atoms with Crippen LogP contribution < -0.4 is 9.47 Å². The summed E-state index contributed by atoms with van der Waals surface area (Å²) in [5, 5.41) is 9.13. The Kier molecular flexibility index (Phi) is 5.46. The van der Waals surface area contributed by atoms with Crippen molar-refractivity contribution in [2.45, 2.75) is 25.9 Å². The van der Waals surface area contributed by atoms with E-state index in [1.807, 2.05) is 49.4 Å². The van der Waals surface area contributed by atoms with Gasteiger partial charge in [0.05, 0.1) is 14.2 Å². The van der Waals surface area contributed by atoms with Crippen molar-refractivity contribution in [3.63, 3.8) is 0 Å². The van der Waals surface area contributed by atoms with Gasteiger partial charge in [0.2, 0.25) is 0 Å². The van der Waals surface area contributed by atoms with Gasteiger partial charge in [-0.25, -0.2) is 0 Å². The molecule has 0 aromatic heterocycles. The van der Waals surface area contributed by atoms with E-state index >= 15 is 0 Å². The second-order valence-corrected chi connectivity index (χ2v) is 6.40. The lowest BCUT2D eigenvalue weighted by Crippen LogP contribution is -2.25. The van der Waals surface area contributed by atoms with Crippen molar-refractivity contribution in [1.29, 1.82) is 5.26 Å². The fourth-order valence-corrected chi connectivity index (χ4v) is 3.24. The topological polar surface area (TPSA) is 68.5 Å². The van der Waals surface area contributed by atoms with Crippen LogP contribution in [0.4, 0.5) is 0 Å². The van der Waals surface area contributed by atoms with Gasteiger partial charge in [-0.3, -0.25) is 4.79 Å². The minimum Gasteiger partial charge on any atom is -0.496 e. The van der Waals surface area contributed by atoms with E-state index in [1.54, 1.807) is 20.3 Å². The van der Waals surface area contributed by atoms with Crippen LogP contribution >= 0.6 is 0 Å². The number of hydrogen-bond acceptors (Lipinski definition) is 5. The third kappa shape index (κ3) is 3.95. The molecular formula is C22H21NO4. The molecule has 3 rings (SSSR count). The van der Waals surface area contributed by atoms with Crippen molar-refractivity contribution in [3.05, 3.63) is 64.4 Å². The minimum absolute atomic E-state index is 0.257. The molecule has 0 amide bonds. The average molecular weight is 363 g/mol. The number of benzene rings is 2. The first kappa shape index (κ1) is 18.5. The summed E-state index contributed by atoms with van der Waals surface area (Å²) >= 11 is 0. The lowest BCUT2D eigenvalue weighted by atomic mass is 10.0. The quantitative estimate of drug-likeness (QED) is 0.703. The average Bonchev–Trinajstić information content (AvgIpc) is 3.10. The number of Topliss-reactive ketones (excluding diaryl/α,β-unsaturated/α-hetero) is 1. The molecule has 0 fully saturated rings. The van der Waals surface area contributed by atoms with Crippen LogP contribution in [0.3, 0.4) is 0 Å². The number of allylic oxidation sites excluding steroid dienone is 1. The van der Waals surface area contributed by atoms with Crippen molar-refractivity contribution < 1.29 is 19.0 Å². The summed E-state index contributed by atoms with van der Waals surface area (Å²) in [5.74, 6) is 1.42. The zero-order valence-corrected chi connectivity index (χ0v) is 15.6. The Balaban J connectivity index is 1.83. The molecule has 1 unspecified atom stereocenters. The number of nitriles is 1. The molecule has 0 bridgehead atoms. The van der Waals surface area contributed by atoms with Crippen molar-refractivity contribution in [3.8, 4) is 17.6 Å². The summed E-state index contributed by atoms with van der Waals surface area (Å²) in [5.41, 5.74) is 3.91. The third-order valence-electron chi connectivity index (χ3n) is 4.67. The number of hydrogen-bond donors (Lipinski definition) is 0. The number of nitrogens with zero attached hydrogens (tertiary/aromatic N) is 1. The fraction of sp³-hybridized carbons (Fsp3) is 0.273. The molecule has 0 saturated carbocycles. The standard InChI is InChI=1S/C22H21NO4/c1-14-20(25-2)8-15(9-21(14)26-3)10-22(19(24)13-23)27-18-11-16-6-4-5-7-17(16)12-18/h4-9,11,22H,10,12H2,1-3H3. The Labute approximate surface area is 158 Å². The van der Waals surface area contributed by atoms with E-state index in [2.05, 4.69) is 0 Å². The molecule has 1 atom stereocenters. The molecule has 0 spiro atoms. The molecule has 138 valence electrons. The van der Waals surface area contributed by atoms with E-state index in [0.717, 1.165) is 22.3 Å². The van der Waals surface area contributed by atoms with Crippen LogP contribution in [0.5, 0.6) is 11.5 Å². The summed E-state index contributed by atoms with van der Waals surface area (Å²) in [6.45, 7) is 1.90. The number of methoxy groups -OCH3 is 2. The molecule has 0 saturated heterocycles. The first-order chi connectivity index (χ1) is 13.0. The van der Waals surface area contributed by atoms with E-state index in [9.17, 15) is 4.79 Å². The Morgan fingerprint density at radius 3 is 2.44 bits per heavy atom. The smallest absolute Gasteiger partial charge is 0.272 e. The normalized spacial score (nSPS) is 13.2. The molecule has 5 nitrogen and oxygen atoms in total. The maximum absolute atomic E-state index is 12.2. The van der Waals surface area contributed by atoms with Crippen molar-refractivity contribution in [1.82, 2.24) is 0 Å². The molecule has 1 aliphatic carbocycles. The zero-order chi connectivity index (χ0) is 19.4. The van der Waals surface area contributed by atoms with Gasteiger partial charge in [-0.1, -0.05) is 24.3 Å². The Hall–Kier alpha value is -3.26. The molecule has 0 aliphatic heterocycles. The molecule has 0 N–H and O–H groups in total. The second kappa shape index (κ2) is 7.96. The van der Waals surface area contributed by atoms with Crippen LogP contribution in [-0.2, 0) is 22.4 Å². The number of fused-ring (bicyclic) bond motifs is 1. The maximum Gasteiger partial charge on any atom is 0.272 e. The summed E-state index contributed by atoms with van der Waals surface area (Å²) in [4.78, 5) is 12.2. The monoisotopic (exact) mass is 363 g/mol. The van der Waals surface area contributed by atoms with Crippen molar-refractivity contribution >= 4 is 11.9 Å². The molecule has 0 heterocycles. The van der Waals surface area contributed by atoms with Gasteiger partial charge in [0.15, 0.2) is 6.10 Å². The fourth-order valence-electron chi connectivity index (χ4n) is 3.24. The van der Waals surface area contributed by atoms with Crippen LogP contribution in [0.25, 0.3) is 6.08 Å². The number of ether oxygens (including phenoxy) is 3. The van der Waals surface area contributed by atoms with Gasteiger partial charge < -0.3 is 14.2 Å². The van der Waals surface area contributed by atoms with E-state index < -0.39 is 11.9 Å². The Morgan fingerprint density at radius 2 is 1.85 bits per heavy atom. The first-order valence-electron chi connectivity index (χ1n) is 8.66. The lowest BCUT2D eigenvalue weighted by molar-refractivity contribution is -0.122. The van der Waals surface area contributed by atoms with Gasteiger partial charge in [0.25, 0.3) is 5.78 Å². The van der Waals surface area contributed by atoms with Gasteiger partial charge >= 0.3 is 0 Å². The maximum atomic E-state index is 12.2. The Bertz CT molecular complexity index is 915. The van der Waals surface area contributed by atoms with E-state index in [1.165, 1.54) is 0 Å². The molecule has 1 aliphatic rings. The van der Waals surface area contributed by atoms with Crippen LogP contribution in [-0.4, -0.2) is 26.1 Å². The van der Waals surface area contributed by atoms with Crippen LogP contribution in [0.15, 0.2) is 42.2 Å². The summed E-state index contributed by atoms with van der Waals surface area (Å²) < 4.78 is 16.7. The highest BCUT2D eigenvalue weighted by atomic mass is 16.5. The molecular weight excluding hydrogens is 342 g/mol. The minimum atomic E-state index is -0.882. The highest BCUT2D eigenvalue weighted by Crippen LogP contribution is 2.31. The first-order valence-corrected chi connectivity index (χ1v) is 8.66. The van der Waals surface area contributed by atoms with Gasteiger partial charge in [-0.05, 0) is 41.8 Å². The predicted octanol–water partition coefficient (Wildman–Crippen LogP) is 3.63. The Morgan fingerprint density at radius 1 is 1.19 bits per heavy atom. The SMILES string of the molecule is COc1cc(CC(OC2=Cc3ccccc3C2)C(=O)C#N)cc(OC)c1C. The van der Waals surface area contributed by atoms with Crippen molar-refractivity contribution in [2.24, 2.45) is 0 Å². The summed E-state index contributed by atoms with van der Waals surface area (Å²) in [7, 11) is 3.17. The highest BCUT2D eigenvalue weighted by Gasteiger charge is 2.25. The van der Waals surface area contributed by atoms with E-state index in [0.29, 0.717) is 23.7 Å². The van der Waals surface area contributed by atoms with Gasteiger partial charge in [-0.15, -0.1) is 0 Å². The zero-order valence-electron chi connectivity index (χ0n) is 15.6. The number of carbonyl (C=O) groups excluding carboxylic acids is 1. The molecule has 27 heavy (non-hydrogen) atoms. The number of ketones is 1. The lowest BCUT2D eigenvalue weighted by Gasteiger charge is -2.18. The molecule has 2 aromatic carbocycles. The summed E-state index contributed by atoms with van der Waals surface area (Å²) in [6.07, 6.45) is 1.91. The van der Waals surface area contributed by atoms with Crippen molar-refractivity contribution in [2.75, 3.05) is 14.2 Å². The van der Waals surface area contributed by atoms with E-state index in [4.69, 9.17) is 19.5 Å². The van der Waals surface area contributed by atoms with Crippen LogP contribution in [0.2, 0.25) is 0 Å². The highest BCUT2D eigenvalue weighted by molar-refractivity contribution is 5.97. The molecule has 5 heteroatoms. The molecule has 0 radical (unpaired) electrons. The largest absolute Gasteiger partial charge is 0.496 e. The van der Waals surface area contributed by atoms with Crippen LogP contribution in [0.1, 0.15) is 22.3 Å². The second-order valence-electron chi connectivity index (χ2n) is 6.40. The molecule has 2 aromatic rings. The third-order valence-corrected chi connectivity index (χ3v) is 4.67. The number of rotatable bonds is 7. The summed E-state index contributed by atoms with van der Waals surface area (Å²) in [6, 6.07) is 13.3. The van der Waals surface area contributed by atoms with Gasteiger partial charge in [0.1, 0.15) is 23.3 Å². The number of carbonyl (C=O) groups is 1. The van der Waals surface area contributed by atoms with Gasteiger partial charge in [-0.2, -0.15) is 5.26 Å².